The predicted molar refractivity (Wildman–Crippen MR) is 74.3 cm³/mol. The summed E-state index contributed by atoms with van der Waals surface area (Å²) < 4.78 is 5.42. The van der Waals surface area contributed by atoms with Crippen molar-refractivity contribution >= 4 is 17.2 Å². The highest BCUT2D eigenvalue weighted by Crippen LogP contribution is 2.22. The molecule has 4 nitrogen and oxygen atoms in total. The Morgan fingerprint density at radius 1 is 1.68 bits per heavy atom. The van der Waals surface area contributed by atoms with Gasteiger partial charge >= 0.3 is 0 Å². The number of carbonyl (C=O) groups excluding carboxylic acids is 1. The SMILES string of the molecule is Cc1cc(C(=O)NC2CCOC2C)sc1C#CCO. The van der Waals surface area contributed by atoms with Gasteiger partial charge in [0.25, 0.3) is 5.91 Å². The van der Waals surface area contributed by atoms with Gasteiger partial charge in [-0.15, -0.1) is 11.3 Å². The quantitative estimate of drug-likeness (QED) is 0.803. The Balaban J connectivity index is 2.07. The summed E-state index contributed by atoms with van der Waals surface area (Å²) in [6.45, 7) is 4.41. The van der Waals surface area contributed by atoms with Crippen LogP contribution in [-0.4, -0.2) is 36.4 Å². The van der Waals surface area contributed by atoms with Gasteiger partial charge in [-0.05, 0) is 31.9 Å². The molecule has 1 amide bonds. The van der Waals surface area contributed by atoms with Crippen molar-refractivity contribution in [2.45, 2.75) is 32.4 Å². The average Bonchev–Trinajstić information content (AvgIpc) is 2.94. The number of hydrogen-bond acceptors (Lipinski definition) is 4. The normalized spacial score (nSPS) is 21.8. The highest BCUT2D eigenvalue weighted by molar-refractivity contribution is 7.14. The van der Waals surface area contributed by atoms with Gasteiger partial charge in [-0.2, -0.15) is 0 Å². The highest BCUT2D eigenvalue weighted by atomic mass is 32.1. The van der Waals surface area contributed by atoms with Crippen LogP contribution in [0.4, 0.5) is 0 Å². The lowest BCUT2D eigenvalue weighted by Gasteiger charge is -2.15. The van der Waals surface area contributed by atoms with Crippen molar-refractivity contribution in [1.82, 2.24) is 5.32 Å². The minimum atomic E-state index is -0.171. The van der Waals surface area contributed by atoms with Gasteiger partial charge in [0.05, 0.1) is 21.9 Å². The Kier molecular flexibility index (Phi) is 4.59. The van der Waals surface area contributed by atoms with Gasteiger partial charge in [0.2, 0.25) is 0 Å². The first-order chi connectivity index (χ1) is 9.11. The molecule has 2 N–H and O–H groups in total. The molecule has 0 bridgehead atoms. The van der Waals surface area contributed by atoms with Crippen LogP contribution in [0, 0.1) is 18.8 Å². The van der Waals surface area contributed by atoms with E-state index in [4.69, 9.17) is 9.84 Å². The minimum absolute atomic E-state index is 0.0682. The van der Waals surface area contributed by atoms with Crippen LogP contribution in [0.5, 0.6) is 0 Å². The molecule has 2 atom stereocenters. The molecule has 19 heavy (non-hydrogen) atoms. The first-order valence-electron chi connectivity index (χ1n) is 6.24. The molecule has 1 saturated heterocycles. The molecule has 2 heterocycles. The minimum Gasteiger partial charge on any atom is -0.384 e. The number of nitrogens with one attached hydrogen (secondary N) is 1. The molecule has 0 spiro atoms. The highest BCUT2D eigenvalue weighted by Gasteiger charge is 2.26. The van der Waals surface area contributed by atoms with Crippen LogP contribution in [0.25, 0.3) is 0 Å². The monoisotopic (exact) mass is 279 g/mol. The number of rotatable bonds is 2. The van der Waals surface area contributed by atoms with E-state index in [0.717, 1.165) is 16.9 Å². The molecule has 1 aliphatic rings. The van der Waals surface area contributed by atoms with Crippen molar-refractivity contribution in [2.24, 2.45) is 0 Å². The average molecular weight is 279 g/mol. The van der Waals surface area contributed by atoms with E-state index in [1.807, 2.05) is 19.9 Å². The number of amides is 1. The summed E-state index contributed by atoms with van der Waals surface area (Å²) in [6.07, 6.45) is 0.924. The van der Waals surface area contributed by atoms with E-state index in [0.29, 0.717) is 11.5 Å². The molecule has 0 radical (unpaired) electrons. The lowest BCUT2D eigenvalue weighted by Crippen LogP contribution is -2.38. The van der Waals surface area contributed by atoms with Crippen molar-refractivity contribution in [3.63, 3.8) is 0 Å². The van der Waals surface area contributed by atoms with Crippen molar-refractivity contribution in [1.29, 1.82) is 0 Å². The Morgan fingerprint density at radius 3 is 3.11 bits per heavy atom. The number of aryl methyl sites for hydroxylation is 1. The number of aliphatic hydroxyl groups is 1. The van der Waals surface area contributed by atoms with E-state index in [1.165, 1.54) is 11.3 Å². The first-order valence-corrected chi connectivity index (χ1v) is 7.06. The van der Waals surface area contributed by atoms with Crippen LogP contribution >= 0.6 is 11.3 Å². The van der Waals surface area contributed by atoms with Gasteiger partial charge in [-0.1, -0.05) is 11.8 Å². The fourth-order valence-corrected chi connectivity index (χ4v) is 2.95. The van der Waals surface area contributed by atoms with E-state index in [-0.39, 0.29) is 24.7 Å². The summed E-state index contributed by atoms with van der Waals surface area (Å²) >= 11 is 1.35. The summed E-state index contributed by atoms with van der Waals surface area (Å²) in [4.78, 5) is 13.6. The van der Waals surface area contributed by atoms with Crippen LogP contribution in [0.3, 0.4) is 0 Å². The van der Waals surface area contributed by atoms with Crippen molar-refractivity contribution < 1.29 is 14.6 Å². The molecule has 1 fully saturated rings. The third-order valence-corrected chi connectivity index (χ3v) is 4.27. The second-order valence-corrected chi connectivity index (χ2v) is 5.58. The fourth-order valence-electron chi connectivity index (χ4n) is 2.00. The molecular weight excluding hydrogens is 262 g/mol. The Bertz CT molecular complexity index is 527. The van der Waals surface area contributed by atoms with Crippen molar-refractivity contribution in [3.8, 4) is 11.8 Å². The predicted octanol–water partition coefficient (Wildman–Crippen LogP) is 1.31. The molecule has 0 aliphatic carbocycles. The van der Waals surface area contributed by atoms with Crippen LogP contribution < -0.4 is 5.32 Å². The van der Waals surface area contributed by atoms with Gasteiger partial charge in [0.15, 0.2) is 0 Å². The summed E-state index contributed by atoms with van der Waals surface area (Å²) in [5, 5.41) is 11.7. The largest absolute Gasteiger partial charge is 0.384 e. The maximum absolute atomic E-state index is 12.1. The second kappa shape index (κ2) is 6.20. The Hall–Kier alpha value is -1.35. The van der Waals surface area contributed by atoms with Gasteiger partial charge in [0.1, 0.15) is 6.61 Å². The lowest BCUT2D eigenvalue weighted by atomic mass is 10.1. The number of thiophene rings is 1. The van der Waals surface area contributed by atoms with E-state index in [9.17, 15) is 4.79 Å². The number of aliphatic hydroxyl groups excluding tert-OH is 1. The van der Waals surface area contributed by atoms with E-state index in [2.05, 4.69) is 17.2 Å². The Labute approximate surface area is 116 Å². The van der Waals surface area contributed by atoms with Crippen LogP contribution in [-0.2, 0) is 4.74 Å². The number of hydrogen-bond donors (Lipinski definition) is 2. The Morgan fingerprint density at radius 2 is 2.47 bits per heavy atom. The standard InChI is InChI=1S/C14H17NO3S/c1-9-8-13(19-12(9)4-3-6-16)14(17)15-11-5-7-18-10(11)2/h8,10-11,16H,5-7H2,1-2H3,(H,15,17). The van der Waals surface area contributed by atoms with E-state index >= 15 is 0 Å². The molecule has 1 aromatic rings. The second-order valence-electron chi connectivity index (χ2n) is 4.53. The topological polar surface area (TPSA) is 58.6 Å². The summed E-state index contributed by atoms with van der Waals surface area (Å²) in [6, 6.07) is 1.92. The molecule has 0 aromatic carbocycles. The first kappa shape index (κ1) is 14.1. The fraction of sp³-hybridized carbons (Fsp3) is 0.500. The molecule has 0 saturated carbocycles. The molecule has 2 unspecified atom stereocenters. The number of carbonyl (C=O) groups is 1. The maximum atomic E-state index is 12.1. The third-order valence-electron chi connectivity index (χ3n) is 3.12. The zero-order chi connectivity index (χ0) is 13.8. The molecular formula is C14H17NO3S. The van der Waals surface area contributed by atoms with Crippen LogP contribution in [0.2, 0.25) is 0 Å². The van der Waals surface area contributed by atoms with Gasteiger partial charge in [-0.25, -0.2) is 0 Å². The van der Waals surface area contributed by atoms with E-state index < -0.39 is 0 Å². The summed E-state index contributed by atoms with van der Waals surface area (Å²) in [7, 11) is 0. The van der Waals surface area contributed by atoms with Gasteiger partial charge in [0, 0.05) is 6.61 Å². The lowest BCUT2D eigenvalue weighted by molar-refractivity contribution is 0.0869. The zero-order valence-electron chi connectivity index (χ0n) is 11.0. The summed E-state index contributed by atoms with van der Waals surface area (Å²) in [5.74, 6) is 5.38. The maximum Gasteiger partial charge on any atom is 0.261 e. The van der Waals surface area contributed by atoms with Crippen molar-refractivity contribution in [3.05, 3.63) is 21.4 Å². The smallest absolute Gasteiger partial charge is 0.261 e. The zero-order valence-corrected chi connectivity index (χ0v) is 11.8. The van der Waals surface area contributed by atoms with Crippen LogP contribution in [0.15, 0.2) is 6.07 Å². The molecule has 5 heteroatoms. The van der Waals surface area contributed by atoms with Crippen LogP contribution in [0.1, 0.15) is 33.5 Å². The summed E-state index contributed by atoms with van der Waals surface area (Å²) in [5.41, 5.74) is 0.965. The molecule has 102 valence electrons. The third kappa shape index (κ3) is 3.35. The van der Waals surface area contributed by atoms with Gasteiger partial charge < -0.3 is 15.2 Å². The molecule has 2 rings (SSSR count). The molecule has 1 aliphatic heterocycles. The number of ether oxygens (including phenoxy) is 1. The molecule has 1 aromatic heterocycles. The van der Waals surface area contributed by atoms with E-state index in [1.54, 1.807) is 0 Å². The van der Waals surface area contributed by atoms with Gasteiger partial charge in [-0.3, -0.25) is 4.79 Å². The van der Waals surface area contributed by atoms with Crippen molar-refractivity contribution in [2.75, 3.05) is 13.2 Å².